The summed E-state index contributed by atoms with van der Waals surface area (Å²) in [5.74, 6) is 0.916. The molecule has 2 atom stereocenters. The van der Waals surface area contributed by atoms with E-state index in [1.807, 2.05) is 30.7 Å². The maximum Gasteiger partial charge on any atom is 0.151 e. The van der Waals surface area contributed by atoms with Crippen molar-refractivity contribution in [1.82, 2.24) is 24.9 Å². The van der Waals surface area contributed by atoms with Gasteiger partial charge in [0.25, 0.3) is 0 Å². The lowest BCUT2D eigenvalue weighted by molar-refractivity contribution is -0.0383. The topological polar surface area (TPSA) is 91.3 Å². The molecule has 1 unspecified atom stereocenters. The van der Waals surface area contributed by atoms with Gasteiger partial charge in [-0.3, -0.25) is 0 Å². The smallest absolute Gasteiger partial charge is 0.151 e. The number of fused-ring (bicyclic) bond motifs is 1. The maximum atomic E-state index is 15.6. The van der Waals surface area contributed by atoms with E-state index in [0.29, 0.717) is 60.0 Å². The highest BCUT2D eigenvalue weighted by Gasteiger charge is 2.28. The van der Waals surface area contributed by atoms with E-state index >= 15 is 4.39 Å². The molecule has 36 heavy (non-hydrogen) atoms. The number of halogens is 1. The molecule has 6 rings (SSSR count). The molecule has 2 aliphatic rings. The van der Waals surface area contributed by atoms with Crippen LogP contribution < -0.4 is 4.90 Å². The average molecular weight is 493 g/mol. The van der Waals surface area contributed by atoms with Gasteiger partial charge in [0.2, 0.25) is 0 Å². The van der Waals surface area contributed by atoms with Gasteiger partial charge in [0.15, 0.2) is 12.0 Å². The molecule has 4 aromatic heterocycles. The fourth-order valence-electron chi connectivity index (χ4n) is 5.31. The van der Waals surface area contributed by atoms with Crippen molar-refractivity contribution in [3.8, 4) is 22.5 Å². The summed E-state index contributed by atoms with van der Waals surface area (Å²) in [5.41, 5.74) is 3.93. The second kappa shape index (κ2) is 9.25. The van der Waals surface area contributed by atoms with Gasteiger partial charge in [-0.25, -0.2) is 19.0 Å². The van der Waals surface area contributed by atoms with E-state index in [1.54, 1.807) is 6.20 Å². The predicted molar refractivity (Wildman–Crippen MR) is 132 cm³/mol. The average Bonchev–Trinajstić information content (AvgIpc) is 3.51. The van der Waals surface area contributed by atoms with E-state index in [4.69, 9.17) is 19.0 Å². The highest BCUT2D eigenvalue weighted by molar-refractivity contribution is 6.02. The van der Waals surface area contributed by atoms with Gasteiger partial charge < -0.3 is 18.9 Å². The molecule has 188 valence electrons. The van der Waals surface area contributed by atoms with Crippen LogP contribution >= 0.6 is 0 Å². The SMILES string of the molecule is Cc1noc(C)c1-c1cc(N2CCOC[C@H]2C)nc2c(-c3ccnn3C3CCCCO3)ncc(F)c12. The lowest BCUT2D eigenvalue weighted by Gasteiger charge is -2.34. The number of pyridine rings is 2. The van der Waals surface area contributed by atoms with Gasteiger partial charge in [-0.05, 0) is 52.2 Å². The van der Waals surface area contributed by atoms with Gasteiger partial charge in [-0.2, -0.15) is 5.10 Å². The Balaban J connectivity index is 1.62. The second-order valence-corrected chi connectivity index (χ2v) is 9.51. The number of rotatable bonds is 4. The van der Waals surface area contributed by atoms with E-state index in [9.17, 15) is 0 Å². The number of aromatic nitrogens is 5. The van der Waals surface area contributed by atoms with Crippen LogP contribution in [0.2, 0.25) is 0 Å². The number of morpholine rings is 1. The molecular weight excluding hydrogens is 463 g/mol. The van der Waals surface area contributed by atoms with Gasteiger partial charge in [-0.15, -0.1) is 0 Å². The molecule has 0 amide bonds. The number of ether oxygens (including phenoxy) is 2. The van der Waals surface area contributed by atoms with Crippen LogP contribution in [0.25, 0.3) is 33.4 Å². The van der Waals surface area contributed by atoms with E-state index in [-0.39, 0.29) is 12.3 Å². The number of aryl methyl sites for hydroxylation is 2. The van der Waals surface area contributed by atoms with Crippen molar-refractivity contribution < 1.29 is 18.4 Å². The molecule has 0 spiro atoms. The molecule has 0 bridgehead atoms. The third kappa shape index (κ3) is 3.84. The van der Waals surface area contributed by atoms with Gasteiger partial charge in [0.05, 0.1) is 36.8 Å². The Labute approximate surface area is 208 Å². The van der Waals surface area contributed by atoms with E-state index in [2.05, 4.69) is 27.1 Å². The van der Waals surface area contributed by atoms with Gasteiger partial charge in [-0.1, -0.05) is 5.16 Å². The van der Waals surface area contributed by atoms with Crippen molar-refractivity contribution in [1.29, 1.82) is 0 Å². The quantitative estimate of drug-likeness (QED) is 0.400. The number of nitrogens with zero attached hydrogens (tertiary/aromatic N) is 6. The molecule has 4 aromatic rings. The van der Waals surface area contributed by atoms with Crippen LogP contribution in [0, 0.1) is 19.7 Å². The first-order chi connectivity index (χ1) is 17.5. The minimum absolute atomic E-state index is 0.118. The van der Waals surface area contributed by atoms with Crippen molar-refractivity contribution >= 4 is 16.7 Å². The lowest BCUT2D eigenvalue weighted by Crippen LogP contribution is -2.44. The van der Waals surface area contributed by atoms with Crippen LogP contribution in [0.5, 0.6) is 0 Å². The number of hydrogen-bond acceptors (Lipinski definition) is 8. The fraction of sp³-hybridized carbons (Fsp3) is 0.462. The van der Waals surface area contributed by atoms with Crippen molar-refractivity contribution in [2.75, 3.05) is 31.3 Å². The molecule has 2 aliphatic heterocycles. The summed E-state index contributed by atoms with van der Waals surface area (Å²) >= 11 is 0. The van der Waals surface area contributed by atoms with Crippen LogP contribution in [-0.4, -0.2) is 57.3 Å². The fourth-order valence-corrected chi connectivity index (χ4v) is 5.31. The zero-order valence-electron chi connectivity index (χ0n) is 20.7. The predicted octanol–water partition coefficient (Wildman–Crippen LogP) is 4.83. The largest absolute Gasteiger partial charge is 0.377 e. The van der Waals surface area contributed by atoms with Gasteiger partial charge in [0, 0.05) is 35.9 Å². The Morgan fingerprint density at radius 1 is 1.17 bits per heavy atom. The molecule has 0 N–H and O–H groups in total. The van der Waals surface area contributed by atoms with E-state index in [0.717, 1.165) is 36.3 Å². The van der Waals surface area contributed by atoms with Gasteiger partial charge >= 0.3 is 0 Å². The molecule has 0 saturated carbocycles. The molecule has 9 nitrogen and oxygen atoms in total. The molecular formula is C26H29FN6O3. The maximum absolute atomic E-state index is 15.6. The Morgan fingerprint density at radius 3 is 2.81 bits per heavy atom. The normalized spacial score (nSPS) is 20.8. The molecule has 0 aromatic carbocycles. The van der Waals surface area contributed by atoms with E-state index in [1.165, 1.54) is 6.20 Å². The first-order valence-corrected chi connectivity index (χ1v) is 12.4. The second-order valence-electron chi connectivity index (χ2n) is 9.51. The number of hydrogen-bond donors (Lipinski definition) is 0. The Hall–Kier alpha value is -3.37. The highest BCUT2D eigenvalue weighted by atomic mass is 19.1. The molecule has 0 aliphatic carbocycles. The van der Waals surface area contributed by atoms with Crippen LogP contribution in [0.3, 0.4) is 0 Å². The standard InChI is InChI=1S/C26H29FN6O3/c1-15-14-34-11-9-32(15)21-12-18(23-16(2)31-36-17(23)3)24-19(27)13-28-25(26(24)30-21)20-7-8-29-33(20)22-6-4-5-10-35-22/h7-8,12-13,15,22H,4-6,9-11,14H2,1-3H3/t15-,22?/m1/s1. The van der Waals surface area contributed by atoms with Crippen molar-refractivity contribution in [3.05, 3.63) is 41.8 Å². The monoisotopic (exact) mass is 492 g/mol. The Bertz CT molecular complexity index is 1390. The summed E-state index contributed by atoms with van der Waals surface area (Å²) in [4.78, 5) is 11.8. The minimum Gasteiger partial charge on any atom is -0.377 e. The zero-order chi connectivity index (χ0) is 24.8. The van der Waals surface area contributed by atoms with E-state index < -0.39 is 5.82 Å². The summed E-state index contributed by atoms with van der Waals surface area (Å²) in [6.45, 7) is 8.38. The highest BCUT2D eigenvalue weighted by Crippen LogP contribution is 2.40. The first-order valence-electron chi connectivity index (χ1n) is 12.4. The van der Waals surface area contributed by atoms with Crippen LogP contribution in [0.15, 0.2) is 29.0 Å². The Morgan fingerprint density at radius 2 is 2.06 bits per heavy atom. The lowest BCUT2D eigenvalue weighted by atomic mass is 9.98. The number of anilines is 1. The molecule has 6 heterocycles. The molecule has 2 fully saturated rings. The van der Waals surface area contributed by atoms with Crippen molar-refractivity contribution in [2.24, 2.45) is 0 Å². The zero-order valence-corrected chi connectivity index (χ0v) is 20.7. The third-order valence-corrected chi connectivity index (χ3v) is 7.08. The van der Waals surface area contributed by atoms with Gasteiger partial charge in [0.1, 0.15) is 22.8 Å². The van der Waals surface area contributed by atoms with Crippen LogP contribution in [0.1, 0.15) is 43.9 Å². The van der Waals surface area contributed by atoms with Crippen LogP contribution in [-0.2, 0) is 9.47 Å². The molecule has 10 heteroatoms. The summed E-state index contributed by atoms with van der Waals surface area (Å²) in [5, 5.41) is 9.07. The summed E-state index contributed by atoms with van der Waals surface area (Å²) in [6, 6.07) is 3.94. The minimum atomic E-state index is -0.446. The molecule has 2 saturated heterocycles. The van der Waals surface area contributed by atoms with Crippen molar-refractivity contribution in [3.63, 3.8) is 0 Å². The third-order valence-electron chi connectivity index (χ3n) is 7.08. The molecule has 0 radical (unpaired) electrons. The Kier molecular flexibility index (Phi) is 5.93. The van der Waals surface area contributed by atoms with Crippen LogP contribution in [0.4, 0.5) is 10.2 Å². The first kappa shape index (κ1) is 23.1. The summed E-state index contributed by atoms with van der Waals surface area (Å²) < 4.78 is 34.6. The summed E-state index contributed by atoms with van der Waals surface area (Å²) in [7, 11) is 0. The van der Waals surface area contributed by atoms with Crippen molar-refractivity contribution in [2.45, 2.75) is 52.3 Å². The summed E-state index contributed by atoms with van der Waals surface area (Å²) in [6.07, 6.45) is 5.77.